The first kappa shape index (κ1) is 15.7. The number of nitro groups is 2. The zero-order valence-corrected chi connectivity index (χ0v) is 12.1. The van der Waals surface area contributed by atoms with Gasteiger partial charge in [-0.05, 0) is 0 Å². The van der Waals surface area contributed by atoms with Gasteiger partial charge in [-0.1, -0.05) is 0 Å². The minimum Gasteiger partial charge on any atom is -1.00 e. The van der Waals surface area contributed by atoms with Gasteiger partial charge in [-0.15, -0.1) is 11.6 Å². The molecule has 3 aliphatic heterocycles. The Bertz CT molecular complexity index is 480. The minimum absolute atomic E-state index is 0. The fraction of sp³-hybridized carbons (Fsp3) is 1.00. The topological polar surface area (TPSA) is 107 Å². The zero-order valence-electron chi connectivity index (χ0n) is 10.6. The summed E-state index contributed by atoms with van der Waals surface area (Å²) in [7, 11) is 0. The number of rotatable bonds is 4. The molecule has 1 saturated carbocycles. The van der Waals surface area contributed by atoms with Crippen LogP contribution in [0.3, 0.4) is 0 Å². The van der Waals surface area contributed by atoms with Crippen LogP contribution in [0.4, 0.5) is 0 Å². The summed E-state index contributed by atoms with van der Waals surface area (Å²) < 4.78 is 0.229. The molecule has 1 N–H and O–H groups in total. The zero-order chi connectivity index (χ0) is 14.1. The predicted octanol–water partition coefficient (Wildman–Crippen LogP) is -3.37. The van der Waals surface area contributed by atoms with Crippen molar-refractivity contribution in [1.29, 1.82) is 0 Å². The maximum absolute atomic E-state index is 11.4. The van der Waals surface area contributed by atoms with Crippen LogP contribution in [0.5, 0.6) is 0 Å². The largest absolute Gasteiger partial charge is 1.00 e. The molecule has 1 aliphatic carbocycles. The third kappa shape index (κ3) is 1.56. The molecule has 4 aliphatic rings. The molecular weight excluding hydrogens is 313 g/mol. The number of hydrogen-bond acceptors (Lipinski definition) is 5. The van der Waals surface area contributed by atoms with Crippen molar-refractivity contribution in [3.05, 3.63) is 20.2 Å². The quantitative estimate of drug-likeness (QED) is 0.251. The second-order valence-corrected chi connectivity index (χ2v) is 6.64. The number of aliphatic hydroxyl groups excluding tert-OH is 1. The Kier molecular flexibility index (Phi) is 3.45. The van der Waals surface area contributed by atoms with E-state index < -0.39 is 21.4 Å². The maximum Gasteiger partial charge on any atom is 0.298 e. The third-order valence-corrected chi connectivity index (χ3v) is 5.97. The highest BCUT2D eigenvalue weighted by Gasteiger charge is 2.85. The molecule has 3 saturated heterocycles. The van der Waals surface area contributed by atoms with Gasteiger partial charge >= 0.3 is 0 Å². The summed E-state index contributed by atoms with van der Waals surface area (Å²) in [4.78, 5) is 22.0. The Labute approximate surface area is 126 Å². The smallest absolute Gasteiger partial charge is 0.298 e. The number of alkyl halides is 1. The standard InChI is InChI=1S/C10H15ClN3O5.ClH/c11-8-7-3-9(12(16)17)4-10(8,13(18)19)6-14(7,5-9)1-2-15;/h7-8,15H,1-6H2;1H/q+1;/p-1. The molecule has 0 amide bonds. The Morgan fingerprint density at radius 2 is 1.95 bits per heavy atom. The average Bonchev–Trinajstić information content (AvgIpc) is 2.65. The van der Waals surface area contributed by atoms with Crippen molar-refractivity contribution in [2.24, 2.45) is 0 Å². The van der Waals surface area contributed by atoms with Crippen molar-refractivity contribution >= 4 is 11.6 Å². The fourth-order valence-corrected chi connectivity index (χ4v) is 5.24. The predicted molar refractivity (Wildman–Crippen MR) is 64.1 cm³/mol. The molecule has 0 aromatic carbocycles. The van der Waals surface area contributed by atoms with Crippen molar-refractivity contribution < 1.29 is 31.8 Å². The van der Waals surface area contributed by atoms with Gasteiger partial charge in [0.1, 0.15) is 19.0 Å². The lowest BCUT2D eigenvalue weighted by molar-refractivity contribution is -0.945. The lowest BCUT2D eigenvalue weighted by Gasteiger charge is -2.38. The molecule has 20 heavy (non-hydrogen) atoms. The van der Waals surface area contributed by atoms with Crippen molar-refractivity contribution in [3.8, 4) is 0 Å². The van der Waals surface area contributed by atoms with Crippen molar-refractivity contribution in [1.82, 2.24) is 0 Å². The summed E-state index contributed by atoms with van der Waals surface area (Å²) in [5.74, 6) is 0. The average molecular weight is 328 g/mol. The van der Waals surface area contributed by atoms with E-state index in [1.165, 1.54) is 0 Å². The van der Waals surface area contributed by atoms with Crippen LogP contribution in [-0.2, 0) is 0 Å². The van der Waals surface area contributed by atoms with Crippen LogP contribution in [0.2, 0.25) is 0 Å². The molecule has 4 fully saturated rings. The second kappa shape index (κ2) is 4.40. The van der Waals surface area contributed by atoms with Crippen molar-refractivity contribution in [3.63, 3.8) is 0 Å². The molecule has 8 nitrogen and oxygen atoms in total. The molecule has 0 radical (unpaired) electrons. The van der Waals surface area contributed by atoms with E-state index in [1.807, 2.05) is 0 Å². The summed E-state index contributed by atoms with van der Waals surface area (Å²) in [5, 5.41) is 31.3. The van der Waals surface area contributed by atoms with E-state index in [1.54, 1.807) is 0 Å². The SMILES string of the molecule is O=[N+]([O-])C12CC3C(Cl)C([N+](=O)[O-])(C1)C[N+]3(CCO)C2.[Cl-]. The van der Waals surface area contributed by atoms with Crippen LogP contribution in [0.1, 0.15) is 12.8 Å². The highest BCUT2D eigenvalue weighted by atomic mass is 35.5. The number of quaternary nitrogens is 1. The Balaban J connectivity index is 0.00000147. The van der Waals surface area contributed by atoms with Gasteiger partial charge in [0.2, 0.25) is 0 Å². The van der Waals surface area contributed by atoms with Crippen LogP contribution in [0.15, 0.2) is 0 Å². The number of aliphatic hydroxyl groups is 1. The highest BCUT2D eigenvalue weighted by molar-refractivity contribution is 6.22. The first-order valence-electron chi connectivity index (χ1n) is 6.22. The third-order valence-electron chi connectivity index (χ3n) is 5.27. The highest BCUT2D eigenvalue weighted by Crippen LogP contribution is 2.58. The number of halogens is 2. The molecule has 0 aromatic rings. The lowest BCUT2D eigenvalue weighted by Crippen LogP contribution is -3.00. The summed E-state index contributed by atoms with van der Waals surface area (Å²) in [6.45, 7) is 0.625. The van der Waals surface area contributed by atoms with Crippen molar-refractivity contribution in [2.45, 2.75) is 35.3 Å². The summed E-state index contributed by atoms with van der Waals surface area (Å²) >= 11 is 6.28. The Morgan fingerprint density at radius 1 is 1.30 bits per heavy atom. The van der Waals surface area contributed by atoms with Gasteiger partial charge in [-0.3, -0.25) is 20.2 Å². The molecule has 3 heterocycles. The van der Waals surface area contributed by atoms with Crippen LogP contribution in [0.25, 0.3) is 0 Å². The molecule has 5 atom stereocenters. The van der Waals surface area contributed by atoms with E-state index in [4.69, 9.17) is 11.6 Å². The van der Waals surface area contributed by atoms with E-state index in [0.717, 1.165) is 0 Å². The van der Waals surface area contributed by atoms with Gasteiger partial charge < -0.3 is 22.0 Å². The molecule has 4 rings (SSSR count). The second-order valence-electron chi connectivity index (χ2n) is 6.17. The molecule has 114 valence electrons. The Morgan fingerprint density at radius 3 is 2.45 bits per heavy atom. The normalized spacial score (nSPS) is 48.1. The van der Waals surface area contributed by atoms with Gasteiger partial charge in [0.05, 0.1) is 13.0 Å². The number of piperidine rings is 1. The summed E-state index contributed by atoms with van der Waals surface area (Å²) in [6, 6.07) is -0.293. The fourth-order valence-electron chi connectivity index (χ4n) is 4.69. The number of nitrogens with zero attached hydrogens (tertiary/aromatic N) is 3. The summed E-state index contributed by atoms with van der Waals surface area (Å²) in [5.41, 5.74) is -2.65. The van der Waals surface area contributed by atoms with Crippen LogP contribution in [0, 0.1) is 20.2 Å². The van der Waals surface area contributed by atoms with E-state index in [-0.39, 0.29) is 60.4 Å². The molecule has 4 bridgehead atoms. The molecule has 0 spiro atoms. The first-order valence-corrected chi connectivity index (χ1v) is 6.65. The van der Waals surface area contributed by atoms with Gasteiger partial charge in [-0.2, -0.15) is 0 Å². The van der Waals surface area contributed by atoms with E-state index in [0.29, 0.717) is 6.54 Å². The van der Waals surface area contributed by atoms with E-state index in [2.05, 4.69) is 0 Å². The molecular formula is C10H15Cl2N3O5. The Hall–Kier alpha value is -0.700. The van der Waals surface area contributed by atoms with E-state index in [9.17, 15) is 25.3 Å². The van der Waals surface area contributed by atoms with Crippen LogP contribution < -0.4 is 12.4 Å². The van der Waals surface area contributed by atoms with Crippen LogP contribution in [-0.4, -0.2) is 68.2 Å². The maximum atomic E-state index is 11.4. The van der Waals surface area contributed by atoms with Crippen molar-refractivity contribution in [2.75, 3.05) is 26.2 Å². The van der Waals surface area contributed by atoms with Gasteiger partial charge in [0.25, 0.3) is 11.1 Å². The number of hydrogen-bond donors (Lipinski definition) is 1. The van der Waals surface area contributed by atoms with Crippen LogP contribution >= 0.6 is 11.6 Å². The van der Waals surface area contributed by atoms with Gasteiger partial charge in [0, 0.05) is 9.85 Å². The van der Waals surface area contributed by atoms with E-state index >= 15 is 0 Å². The van der Waals surface area contributed by atoms with Gasteiger partial charge in [0.15, 0.2) is 18.5 Å². The molecule has 5 unspecified atom stereocenters. The molecule has 10 heteroatoms. The minimum atomic E-state index is -1.41. The van der Waals surface area contributed by atoms with Gasteiger partial charge in [-0.25, -0.2) is 0 Å². The first-order chi connectivity index (χ1) is 8.82. The summed E-state index contributed by atoms with van der Waals surface area (Å²) in [6.07, 6.45) is 0.194. The monoisotopic (exact) mass is 327 g/mol. The molecule has 0 aromatic heterocycles. The lowest BCUT2D eigenvalue weighted by atomic mass is 9.72.